The summed E-state index contributed by atoms with van der Waals surface area (Å²) in [5.74, 6) is 0.862. The van der Waals surface area contributed by atoms with Gasteiger partial charge in [0, 0.05) is 3.92 Å². The fourth-order valence-corrected chi connectivity index (χ4v) is 1.76. The predicted molar refractivity (Wildman–Crippen MR) is 65.0 cm³/mol. The van der Waals surface area contributed by atoms with E-state index in [0.29, 0.717) is 0 Å². The number of rotatable bonds is 7. The Hall–Kier alpha value is 0.690. The zero-order valence-electron chi connectivity index (χ0n) is 8.57. The van der Waals surface area contributed by atoms with Gasteiger partial charge in [0.1, 0.15) is 0 Å². The average molecular weight is 283 g/mol. The smallest absolute Gasteiger partial charge is 0.0122 e. The number of nitrogens with one attached hydrogen (secondary N) is 1. The van der Waals surface area contributed by atoms with Crippen molar-refractivity contribution in [1.82, 2.24) is 5.32 Å². The Morgan fingerprint density at radius 2 is 1.83 bits per heavy atom. The maximum absolute atomic E-state index is 3.36. The first-order valence-electron chi connectivity index (χ1n) is 5.01. The summed E-state index contributed by atoms with van der Waals surface area (Å²) >= 11 is 2.57. The van der Waals surface area contributed by atoms with Crippen LogP contribution in [0.4, 0.5) is 0 Å². The summed E-state index contributed by atoms with van der Waals surface area (Å²) in [5.41, 5.74) is 0. The SMILES string of the molecule is CCNCCC(I)CCC(C)C. The zero-order valence-corrected chi connectivity index (χ0v) is 10.7. The van der Waals surface area contributed by atoms with Gasteiger partial charge < -0.3 is 5.32 Å². The minimum absolute atomic E-state index is 0.862. The Labute approximate surface area is 90.8 Å². The topological polar surface area (TPSA) is 12.0 Å². The van der Waals surface area contributed by atoms with Crippen molar-refractivity contribution < 1.29 is 0 Å². The molecular weight excluding hydrogens is 261 g/mol. The lowest BCUT2D eigenvalue weighted by Gasteiger charge is -2.11. The third kappa shape index (κ3) is 8.78. The van der Waals surface area contributed by atoms with E-state index >= 15 is 0 Å². The van der Waals surface area contributed by atoms with E-state index in [4.69, 9.17) is 0 Å². The molecule has 12 heavy (non-hydrogen) atoms. The highest BCUT2D eigenvalue weighted by atomic mass is 127. The van der Waals surface area contributed by atoms with Crippen LogP contribution in [0, 0.1) is 5.92 Å². The summed E-state index contributed by atoms with van der Waals surface area (Å²) in [7, 11) is 0. The van der Waals surface area contributed by atoms with E-state index in [1.54, 1.807) is 0 Å². The Morgan fingerprint density at radius 3 is 2.33 bits per heavy atom. The summed E-state index contributed by atoms with van der Waals surface area (Å²) in [6, 6.07) is 0. The molecule has 0 amide bonds. The van der Waals surface area contributed by atoms with Crippen molar-refractivity contribution in [2.75, 3.05) is 13.1 Å². The van der Waals surface area contributed by atoms with Crippen LogP contribution in [0.5, 0.6) is 0 Å². The number of hydrogen-bond acceptors (Lipinski definition) is 1. The molecular formula is C10H22IN. The van der Waals surface area contributed by atoms with Crippen molar-refractivity contribution in [3.63, 3.8) is 0 Å². The van der Waals surface area contributed by atoms with E-state index in [2.05, 4.69) is 48.7 Å². The molecule has 1 unspecified atom stereocenters. The molecule has 0 saturated heterocycles. The van der Waals surface area contributed by atoms with E-state index in [9.17, 15) is 0 Å². The molecule has 0 rings (SSSR count). The van der Waals surface area contributed by atoms with Gasteiger partial charge in [0.2, 0.25) is 0 Å². The number of hydrogen-bond donors (Lipinski definition) is 1. The van der Waals surface area contributed by atoms with Crippen molar-refractivity contribution in [1.29, 1.82) is 0 Å². The highest BCUT2D eigenvalue weighted by Gasteiger charge is 2.04. The minimum atomic E-state index is 0.862. The Kier molecular flexibility index (Phi) is 8.77. The van der Waals surface area contributed by atoms with Crippen molar-refractivity contribution in [2.24, 2.45) is 5.92 Å². The molecule has 1 atom stereocenters. The van der Waals surface area contributed by atoms with Gasteiger partial charge in [0.05, 0.1) is 0 Å². The van der Waals surface area contributed by atoms with Crippen LogP contribution in [0.25, 0.3) is 0 Å². The molecule has 0 aromatic heterocycles. The molecule has 0 radical (unpaired) electrons. The second kappa shape index (κ2) is 8.30. The molecule has 1 N–H and O–H groups in total. The fourth-order valence-electron chi connectivity index (χ4n) is 1.09. The summed E-state index contributed by atoms with van der Waals surface area (Å²) in [5, 5.41) is 3.36. The summed E-state index contributed by atoms with van der Waals surface area (Å²) in [6.45, 7) is 9.05. The summed E-state index contributed by atoms with van der Waals surface area (Å²) in [4.78, 5) is 0. The maximum Gasteiger partial charge on any atom is 0.0122 e. The van der Waals surface area contributed by atoms with Crippen LogP contribution >= 0.6 is 22.6 Å². The van der Waals surface area contributed by atoms with E-state index in [-0.39, 0.29) is 0 Å². The van der Waals surface area contributed by atoms with Gasteiger partial charge in [-0.25, -0.2) is 0 Å². The summed E-state index contributed by atoms with van der Waals surface area (Å²) in [6.07, 6.45) is 4.07. The molecule has 0 aliphatic heterocycles. The molecule has 0 aromatic carbocycles. The van der Waals surface area contributed by atoms with Gasteiger partial charge in [-0.05, 0) is 38.3 Å². The molecule has 0 aromatic rings. The number of halogens is 1. The monoisotopic (exact) mass is 283 g/mol. The highest BCUT2D eigenvalue weighted by molar-refractivity contribution is 14.1. The van der Waals surface area contributed by atoms with Crippen LogP contribution in [-0.2, 0) is 0 Å². The molecule has 0 fully saturated rings. The lowest BCUT2D eigenvalue weighted by atomic mass is 10.1. The Balaban J connectivity index is 3.15. The van der Waals surface area contributed by atoms with Gasteiger partial charge >= 0.3 is 0 Å². The minimum Gasteiger partial charge on any atom is -0.317 e. The van der Waals surface area contributed by atoms with Crippen molar-refractivity contribution in [2.45, 2.75) is 44.0 Å². The van der Waals surface area contributed by atoms with Crippen LogP contribution in [0.3, 0.4) is 0 Å². The average Bonchev–Trinajstić information content (AvgIpc) is 2.01. The van der Waals surface area contributed by atoms with Crippen LogP contribution < -0.4 is 5.32 Å². The Morgan fingerprint density at radius 1 is 1.17 bits per heavy atom. The molecule has 2 heteroatoms. The second-order valence-electron chi connectivity index (χ2n) is 3.71. The van der Waals surface area contributed by atoms with E-state index in [1.165, 1.54) is 25.8 Å². The third-order valence-electron chi connectivity index (χ3n) is 1.94. The van der Waals surface area contributed by atoms with Gasteiger partial charge in [-0.15, -0.1) is 0 Å². The molecule has 0 heterocycles. The van der Waals surface area contributed by atoms with Gasteiger partial charge in [0.15, 0.2) is 0 Å². The summed E-state index contributed by atoms with van der Waals surface area (Å²) < 4.78 is 0.865. The molecule has 0 aliphatic carbocycles. The van der Waals surface area contributed by atoms with Gasteiger partial charge in [-0.2, -0.15) is 0 Å². The van der Waals surface area contributed by atoms with Crippen LogP contribution in [0.2, 0.25) is 0 Å². The van der Waals surface area contributed by atoms with Crippen LogP contribution in [0.1, 0.15) is 40.0 Å². The van der Waals surface area contributed by atoms with Crippen molar-refractivity contribution in [3.05, 3.63) is 0 Å². The molecule has 1 nitrogen and oxygen atoms in total. The normalized spacial score (nSPS) is 13.8. The van der Waals surface area contributed by atoms with Crippen molar-refractivity contribution >= 4 is 22.6 Å². The molecule has 0 spiro atoms. The quantitative estimate of drug-likeness (QED) is 0.430. The van der Waals surface area contributed by atoms with Gasteiger partial charge in [-0.1, -0.05) is 43.4 Å². The second-order valence-corrected chi connectivity index (χ2v) is 5.47. The standard InChI is InChI=1S/C10H22IN/c1-4-12-8-7-10(11)6-5-9(2)3/h9-10,12H,4-8H2,1-3H3. The highest BCUT2D eigenvalue weighted by Crippen LogP contribution is 2.15. The van der Waals surface area contributed by atoms with Gasteiger partial charge in [-0.3, -0.25) is 0 Å². The lowest BCUT2D eigenvalue weighted by molar-refractivity contribution is 0.534. The molecule has 74 valence electrons. The Bertz CT molecular complexity index is 93.8. The molecule has 0 saturated carbocycles. The fraction of sp³-hybridized carbons (Fsp3) is 1.00. The van der Waals surface area contributed by atoms with Crippen molar-refractivity contribution in [3.8, 4) is 0 Å². The number of alkyl halides is 1. The van der Waals surface area contributed by atoms with E-state index in [0.717, 1.165) is 16.4 Å². The first-order chi connectivity index (χ1) is 5.66. The molecule has 0 aliphatic rings. The first-order valence-corrected chi connectivity index (χ1v) is 6.26. The first kappa shape index (κ1) is 12.7. The van der Waals surface area contributed by atoms with E-state index in [1.807, 2.05) is 0 Å². The molecule has 0 bridgehead atoms. The van der Waals surface area contributed by atoms with Crippen LogP contribution in [0.15, 0.2) is 0 Å². The zero-order chi connectivity index (χ0) is 9.40. The van der Waals surface area contributed by atoms with Gasteiger partial charge in [0.25, 0.3) is 0 Å². The maximum atomic E-state index is 3.36. The third-order valence-corrected chi connectivity index (χ3v) is 3.19. The largest absolute Gasteiger partial charge is 0.317 e. The predicted octanol–water partition coefficient (Wildman–Crippen LogP) is 3.23. The lowest BCUT2D eigenvalue weighted by Crippen LogP contribution is -2.17. The van der Waals surface area contributed by atoms with Crippen LogP contribution in [-0.4, -0.2) is 17.0 Å². The van der Waals surface area contributed by atoms with E-state index < -0.39 is 0 Å².